The lowest BCUT2D eigenvalue weighted by molar-refractivity contribution is 0.0390. The van der Waals surface area contributed by atoms with Gasteiger partial charge >= 0.3 is 0 Å². The maximum atomic E-state index is 13.2. The first-order chi connectivity index (χ1) is 10.0. The molecule has 1 aromatic rings. The number of nitrogens with one attached hydrogen (secondary N) is 1. The molecule has 1 aliphatic heterocycles. The fraction of sp³-hybridized carbons (Fsp3) is 0.538. The number of benzene rings is 1. The van der Waals surface area contributed by atoms with Crippen LogP contribution in [0.25, 0.3) is 0 Å². The average molecular weight is 318 g/mol. The molecule has 2 rings (SSSR count). The number of ether oxygens (including phenoxy) is 1. The second kappa shape index (κ2) is 7.28. The minimum absolute atomic E-state index is 0.176. The molecule has 0 unspecified atom stereocenters. The Morgan fingerprint density at radius 2 is 2.05 bits per heavy atom. The van der Waals surface area contributed by atoms with E-state index in [4.69, 9.17) is 9.84 Å². The van der Waals surface area contributed by atoms with Gasteiger partial charge < -0.3 is 9.84 Å². The molecule has 0 spiro atoms. The monoisotopic (exact) mass is 318 g/mol. The maximum absolute atomic E-state index is 13.2. The Kier molecular flexibility index (Phi) is 5.65. The van der Waals surface area contributed by atoms with Crippen LogP contribution in [0.15, 0.2) is 23.1 Å². The van der Waals surface area contributed by atoms with Gasteiger partial charge in [-0.2, -0.15) is 0 Å². The Hall–Kier alpha value is -1.06. The SMILES string of the molecule is O=S(=O)(NCCN1CCOCC1)c1cc(F)ccc1CO. The second-order valence-electron chi connectivity index (χ2n) is 4.76. The fourth-order valence-electron chi connectivity index (χ4n) is 2.15. The lowest BCUT2D eigenvalue weighted by Gasteiger charge is -2.26. The van der Waals surface area contributed by atoms with Crippen molar-refractivity contribution in [3.8, 4) is 0 Å². The number of aliphatic hydroxyl groups excluding tert-OH is 1. The van der Waals surface area contributed by atoms with Gasteiger partial charge in [-0.25, -0.2) is 17.5 Å². The van der Waals surface area contributed by atoms with Crippen LogP contribution in [0.5, 0.6) is 0 Å². The van der Waals surface area contributed by atoms with Crippen LogP contribution in [0.1, 0.15) is 5.56 Å². The molecule has 1 aromatic carbocycles. The largest absolute Gasteiger partial charge is 0.392 e. The highest BCUT2D eigenvalue weighted by molar-refractivity contribution is 7.89. The summed E-state index contributed by atoms with van der Waals surface area (Å²) in [5, 5.41) is 9.17. The highest BCUT2D eigenvalue weighted by Crippen LogP contribution is 2.17. The van der Waals surface area contributed by atoms with Gasteiger partial charge in [0.2, 0.25) is 10.0 Å². The van der Waals surface area contributed by atoms with E-state index in [9.17, 15) is 12.8 Å². The summed E-state index contributed by atoms with van der Waals surface area (Å²) in [7, 11) is -3.83. The summed E-state index contributed by atoms with van der Waals surface area (Å²) in [5.74, 6) is -0.652. The molecule has 21 heavy (non-hydrogen) atoms. The quantitative estimate of drug-likeness (QED) is 0.767. The first-order valence-corrected chi connectivity index (χ1v) is 8.20. The standard InChI is InChI=1S/C13H19FN2O4S/c14-12-2-1-11(10-17)13(9-12)21(18,19)15-3-4-16-5-7-20-8-6-16/h1-2,9,15,17H,3-8,10H2. The zero-order valence-electron chi connectivity index (χ0n) is 11.6. The van der Waals surface area contributed by atoms with E-state index in [1.165, 1.54) is 6.07 Å². The van der Waals surface area contributed by atoms with E-state index < -0.39 is 22.4 Å². The van der Waals surface area contributed by atoms with Crippen molar-refractivity contribution in [2.24, 2.45) is 0 Å². The number of aliphatic hydroxyl groups is 1. The summed E-state index contributed by atoms with van der Waals surface area (Å²) < 4.78 is 45.2. The van der Waals surface area contributed by atoms with Crippen LogP contribution in [0.3, 0.4) is 0 Å². The highest BCUT2D eigenvalue weighted by Gasteiger charge is 2.19. The molecule has 0 saturated carbocycles. The predicted molar refractivity (Wildman–Crippen MR) is 74.8 cm³/mol. The summed E-state index contributed by atoms with van der Waals surface area (Å²) in [6.45, 7) is 3.15. The molecule has 118 valence electrons. The van der Waals surface area contributed by atoms with E-state index in [0.29, 0.717) is 19.8 Å². The second-order valence-corrected chi connectivity index (χ2v) is 6.50. The van der Waals surface area contributed by atoms with Crippen LogP contribution < -0.4 is 4.72 Å². The summed E-state index contributed by atoms with van der Waals surface area (Å²) in [4.78, 5) is 1.87. The molecule has 0 amide bonds. The number of hydrogen-bond donors (Lipinski definition) is 2. The molecule has 1 fully saturated rings. The van der Waals surface area contributed by atoms with Crippen molar-refractivity contribution < 1.29 is 22.7 Å². The molecular formula is C13H19FN2O4S. The van der Waals surface area contributed by atoms with Gasteiger partial charge in [-0.15, -0.1) is 0 Å². The van der Waals surface area contributed by atoms with E-state index in [-0.39, 0.29) is 17.0 Å². The van der Waals surface area contributed by atoms with Crippen LogP contribution >= 0.6 is 0 Å². The van der Waals surface area contributed by atoms with Gasteiger partial charge in [0.25, 0.3) is 0 Å². The smallest absolute Gasteiger partial charge is 0.241 e. The van der Waals surface area contributed by atoms with Crippen molar-refractivity contribution in [2.75, 3.05) is 39.4 Å². The number of sulfonamides is 1. The Bertz CT molecular complexity index is 574. The predicted octanol–water partition coefficient (Wildman–Crippen LogP) is -0.0715. The van der Waals surface area contributed by atoms with Gasteiger partial charge in [0.1, 0.15) is 5.82 Å². The van der Waals surface area contributed by atoms with Gasteiger partial charge in [0.15, 0.2) is 0 Å². The van der Waals surface area contributed by atoms with E-state index >= 15 is 0 Å². The molecule has 0 radical (unpaired) electrons. The number of morpholine rings is 1. The van der Waals surface area contributed by atoms with Crippen molar-refractivity contribution in [3.05, 3.63) is 29.6 Å². The lowest BCUT2D eigenvalue weighted by atomic mass is 10.2. The zero-order chi connectivity index (χ0) is 15.3. The normalized spacial score (nSPS) is 17.0. The molecule has 8 heteroatoms. The summed E-state index contributed by atoms with van der Waals surface area (Å²) in [6.07, 6.45) is 0. The van der Waals surface area contributed by atoms with Crippen molar-refractivity contribution >= 4 is 10.0 Å². The molecule has 1 heterocycles. The van der Waals surface area contributed by atoms with Crippen molar-refractivity contribution in [1.29, 1.82) is 0 Å². The van der Waals surface area contributed by atoms with Gasteiger partial charge in [-0.05, 0) is 17.7 Å². The Morgan fingerprint density at radius 3 is 2.71 bits per heavy atom. The number of hydrogen-bond acceptors (Lipinski definition) is 5. The summed E-state index contributed by atoms with van der Waals surface area (Å²) in [5.41, 5.74) is 0.176. The highest BCUT2D eigenvalue weighted by atomic mass is 32.2. The van der Waals surface area contributed by atoms with E-state index in [1.54, 1.807) is 0 Å². The molecular weight excluding hydrogens is 299 g/mol. The molecule has 2 N–H and O–H groups in total. The Labute approximate surface area is 123 Å². The van der Waals surface area contributed by atoms with Crippen LogP contribution in [-0.2, 0) is 21.4 Å². The number of rotatable bonds is 6. The van der Waals surface area contributed by atoms with Gasteiger partial charge in [0.05, 0.1) is 24.7 Å². The van der Waals surface area contributed by atoms with E-state index in [0.717, 1.165) is 25.2 Å². The van der Waals surface area contributed by atoms with E-state index in [1.807, 2.05) is 0 Å². The van der Waals surface area contributed by atoms with Crippen molar-refractivity contribution in [1.82, 2.24) is 9.62 Å². The third kappa shape index (κ3) is 4.45. The summed E-state index contributed by atoms with van der Waals surface area (Å²) in [6, 6.07) is 3.31. The molecule has 6 nitrogen and oxygen atoms in total. The van der Waals surface area contributed by atoms with Crippen molar-refractivity contribution in [2.45, 2.75) is 11.5 Å². The van der Waals surface area contributed by atoms with Gasteiger partial charge in [0, 0.05) is 26.2 Å². The zero-order valence-corrected chi connectivity index (χ0v) is 12.4. The fourth-order valence-corrected chi connectivity index (χ4v) is 3.41. The topological polar surface area (TPSA) is 78.9 Å². The molecule has 0 bridgehead atoms. The van der Waals surface area contributed by atoms with E-state index in [2.05, 4.69) is 9.62 Å². The molecule has 1 aliphatic rings. The first-order valence-electron chi connectivity index (χ1n) is 6.72. The third-order valence-electron chi connectivity index (χ3n) is 3.31. The van der Waals surface area contributed by atoms with Crippen LogP contribution in [-0.4, -0.2) is 57.8 Å². The number of nitrogens with zero attached hydrogens (tertiary/aromatic N) is 1. The van der Waals surface area contributed by atoms with Crippen LogP contribution in [0, 0.1) is 5.82 Å². The average Bonchev–Trinajstić information content (AvgIpc) is 2.48. The van der Waals surface area contributed by atoms with Crippen LogP contribution in [0.2, 0.25) is 0 Å². The molecule has 0 atom stereocenters. The van der Waals surface area contributed by atoms with Crippen molar-refractivity contribution in [3.63, 3.8) is 0 Å². The molecule has 0 aliphatic carbocycles. The first kappa shape index (κ1) is 16.3. The minimum Gasteiger partial charge on any atom is -0.392 e. The van der Waals surface area contributed by atoms with Crippen LogP contribution in [0.4, 0.5) is 4.39 Å². The Balaban J connectivity index is 1.99. The molecule has 1 saturated heterocycles. The van der Waals surface area contributed by atoms with Gasteiger partial charge in [-0.1, -0.05) is 6.07 Å². The molecule has 0 aromatic heterocycles. The van der Waals surface area contributed by atoms with Gasteiger partial charge in [-0.3, -0.25) is 4.90 Å². The summed E-state index contributed by atoms with van der Waals surface area (Å²) >= 11 is 0. The minimum atomic E-state index is -3.83. The number of halogens is 1. The third-order valence-corrected chi connectivity index (χ3v) is 4.86. The lowest BCUT2D eigenvalue weighted by Crippen LogP contribution is -2.41. The maximum Gasteiger partial charge on any atom is 0.241 e. The Morgan fingerprint density at radius 1 is 1.33 bits per heavy atom.